The van der Waals surface area contributed by atoms with Crippen LogP contribution >= 0.6 is 27.3 Å². The lowest BCUT2D eigenvalue weighted by molar-refractivity contribution is 0.888. The van der Waals surface area contributed by atoms with E-state index in [4.69, 9.17) is 0 Å². The lowest BCUT2D eigenvalue weighted by atomic mass is 10.2. The smallest absolute Gasteiger partial charge is 0.0798 e. The number of nitrogens with zero attached hydrogens (tertiary/aromatic N) is 2. The van der Waals surface area contributed by atoms with Gasteiger partial charge < -0.3 is 10.2 Å². The predicted octanol–water partition coefficient (Wildman–Crippen LogP) is 4.45. The molecule has 1 N–H and O–H groups in total. The van der Waals surface area contributed by atoms with Gasteiger partial charge in [0.15, 0.2) is 0 Å². The summed E-state index contributed by atoms with van der Waals surface area (Å²) in [5.41, 5.74) is 5.31. The molecule has 3 nitrogen and oxygen atoms in total. The summed E-state index contributed by atoms with van der Waals surface area (Å²) < 4.78 is 1.08. The Hall–Kier alpha value is -1.07. The number of halogens is 1. The quantitative estimate of drug-likeness (QED) is 0.891. The Kier molecular flexibility index (Phi) is 4.47. The van der Waals surface area contributed by atoms with Crippen LogP contribution in [0.4, 0.5) is 11.4 Å². The molecule has 2 aromatic rings. The zero-order valence-corrected chi connectivity index (χ0v) is 14.0. The average molecular weight is 340 g/mol. The molecule has 0 amide bonds. The van der Waals surface area contributed by atoms with E-state index in [1.807, 2.05) is 5.51 Å². The van der Waals surface area contributed by atoms with Crippen molar-refractivity contribution < 1.29 is 0 Å². The summed E-state index contributed by atoms with van der Waals surface area (Å²) in [7, 11) is 4.11. The summed E-state index contributed by atoms with van der Waals surface area (Å²) in [6.45, 7) is 4.22. The zero-order chi connectivity index (χ0) is 14.0. The van der Waals surface area contributed by atoms with Gasteiger partial charge in [-0.2, -0.15) is 0 Å². The molecule has 5 heteroatoms. The molecule has 0 aliphatic rings. The number of nitrogens with one attached hydrogen (secondary N) is 1. The molecule has 19 heavy (non-hydrogen) atoms. The summed E-state index contributed by atoms with van der Waals surface area (Å²) in [6.07, 6.45) is 0. The van der Waals surface area contributed by atoms with Crippen LogP contribution in [-0.4, -0.2) is 19.1 Å². The molecule has 0 bridgehead atoms. The van der Waals surface area contributed by atoms with Crippen molar-refractivity contribution in [1.82, 2.24) is 4.98 Å². The van der Waals surface area contributed by atoms with Gasteiger partial charge in [-0.3, -0.25) is 0 Å². The average Bonchev–Trinajstić information content (AvgIpc) is 2.75. The number of aromatic nitrogens is 1. The third kappa shape index (κ3) is 3.28. The van der Waals surface area contributed by atoms with Crippen LogP contribution in [0.25, 0.3) is 0 Å². The fraction of sp³-hybridized carbons (Fsp3) is 0.357. The van der Waals surface area contributed by atoms with E-state index in [2.05, 4.69) is 77.3 Å². The minimum Gasteiger partial charge on any atom is -0.376 e. The first-order valence-electron chi connectivity index (χ1n) is 6.12. The highest BCUT2D eigenvalue weighted by Gasteiger charge is 2.13. The molecule has 1 aromatic heterocycles. The van der Waals surface area contributed by atoms with E-state index in [9.17, 15) is 0 Å². The Morgan fingerprint density at radius 1 is 1.37 bits per heavy atom. The van der Waals surface area contributed by atoms with E-state index in [-0.39, 0.29) is 6.04 Å². The van der Waals surface area contributed by atoms with Crippen LogP contribution in [0.2, 0.25) is 0 Å². The molecule has 0 saturated carbocycles. The molecule has 1 aromatic carbocycles. The van der Waals surface area contributed by atoms with E-state index in [0.29, 0.717) is 0 Å². The maximum atomic E-state index is 4.31. The molecule has 0 saturated heterocycles. The first kappa shape index (κ1) is 14.3. The van der Waals surface area contributed by atoms with E-state index >= 15 is 0 Å². The Bertz CT molecular complexity index is 566. The second kappa shape index (κ2) is 5.92. The van der Waals surface area contributed by atoms with Gasteiger partial charge in [-0.15, -0.1) is 11.3 Å². The first-order valence-corrected chi connectivity index (χ1v) is 7.79. The van der Waals surface area contributed by atoms with E-state index in [1.165, 1.54) is 10.6 Å². The molecular formula is C14H18BrN3S. The van der Waals surface area contributed by atoms with Crippen molar-refractivity contribution in [2.75, 3.05) is 24.3 Å². The maximum absolute atomic E-state index is 4.31. The molecular weight excluding hydrogens is 322 g/mol. The lowest BCUT2D eigenvalue weighted by Crippen LogP contribution is -2.14. The summed E-state index contributed by atoms with van der Waals surface area (Å²) >= 11 is 5.23. The summed E-state index contributed by atoms with van der Waals surface area (Å²) in [5, 5.41) is 3.57. The van der Waals surface area contributed by atoms with Gasteiger partial charge >= 0.3 is 0 Å². The van der Waals surface area contributed by atoms with E-state index in [0.717, 1.165) is 15.9 Å². The van der Waals surface area contributed by atoms with Crippen molar-refractivity contribution in [3.63, 3.8) is 0 Å². The Morgan fingerprint density at radius 2 is 2.11 bits per heavy atom. The van der Waals surface area contributed by atoms with Gasteiger partial charge in [0.2, 0.25) is 0 Å². The van der Waals surface area contributed by atoms with E-state index < -0.39 is 0 Å². The monoisotopic (exact) mass is 339 g/mol. The molecule has 0 spiro atoms. The second-order valence-electron chi connectivity index (χ2n) is 4.72. The number of thiazole rings is 1. The van der Waals surface area contributed by atoms with Crippen LogP contribution in [0.3, 0.4) is 0 Å². The summed E-state index contributed by atoms with van der Waals surface area (Å²) in [5.74, 6) is 0. The number of rotatable bonds is 4. The van der Waals surface area contributed by atoms with Crippen molar-refractivity contribution in [3.8, 4) is 0 Å². The number of aryl methyl sites for hydroxylation is 1. The molecule has 1 heterocycles. The molecule has 0 fully saturated rings. The maximum Gasteiger partial charge on any atom is 0.0798 e. The van der Waals surface area contributed by atoms with Gasteiger partial charge in [0.05, 0.1) is 28.6 Å². The SMILES string of the molecule is Cc1ncsc1C(C)Nc1cc(Br)ccc1N(C)C. The molecule has 2 rings (SSSR count). The van der Waals surface area contributed by atoms with Gasteiger partial charge in [-0.1, -0.05) is 15.9 Å². The third-order valence-electron chi connectivity index (χ3n) is 2.99. The molecule has 1 unspecified atom stereocenters. The minimum atomic E-state index is 0.250. The number of anilines is 2. The van der Waals surface area contributed by atoms with Gasteiger partial charge in [0, 0.05) is 23.4 Å². The van der Waals surface area contributed by atoms with Gasteiger partial charge in [0.1, 0.15) is 0 Å². The summed E-state index contributed by atoms with van der Waals surface area (Å²) in [6, 6.07) is 6.53. The zero-order valence-electron chi connectivity index (χ0n) is 11.6. The van der Waals surface area contributed by atoms with Crippen LogP contribution in [0.15, 0.2) is 28.2 Å². The van der Waals surface area contributed by atoms with Crippen LogP contribution in [0.1, 0.15) is 23.5 Å². The van der Waals surface area contributed by atoms with Crippen molar-refractivity contribution in [3.05, 3.63) is 38.8 Å². The van der Waals surface area contributed by atoms with Gasteiger partial charge in [0.25, 0.3) is 0 Å². The van der Waals surface area contributed by atoms with Gasteiger partial charge in [-0.25, -0.2) is 4.98 Å². The second-order valence-corrected chi connectivity index (χ2v) is 6.53. The number of hydrogen-bond donors (Lipinski definition) is 1. The van der Waals surface area contributed by atoms with Gasteiger partial charge in [-0.05, 0) is 32.0 Å². The lowest BCUT2D eigenvalue weighted by Gasteiger charge is -2.22. The number of hydrogen-bond acceptors (Lipinski definition) is 4. The molecule has 1 atom stereocenters. The summed E-state index contributed by atoms with van der Waals surface area (Å²) in [4.78, 5) is 7.71. The largest absolute Gasteiger partial charge is 0.376 e. The van der Waals surface area contributed by atoms with Crippen molar-refractivity contribution in [1.29, 1.82) is 0 Å². The molecule has 0 aliphatic heterocycles. The Morgan fingerprint density at radius 3 is 2.68 bits per heavy atom. The Labute approximate surface area is 126 Å². The molecule has 0 aliphatic carbocycles. The highest BCUT2D eigenvalue weighted by Crippen LogP contribution is 2.32. The predicted molar refractivity (Wildman–Crippen MR) is 87.4 cm³/mol. The first-order chi connectivity index (χ1) is 8.99. The topological polar surface area (TPSA) is 28.2 Å². The van der Waals surface area contributed by atoms with Crippen LogP contribution in [0, 0.1) is 6.92 Å². The van der Waals surface area contributed by atoms with Crippen molar-refractivity contribution in [2.45, 2.75) is 19.9 Å². The van der Waals surface area contributed by atoms with Crippen LogP contribution in [0.5, 0.6) is 0 Å². The molecule has 0 radical (unpaired) electrons. The van der Waals surface area contributed by atoms with Crippen LogP contribution in [-0.2, 0) is 0 Å². The fourth-order valence-corrected chi connectivity index (χ4v) is 3.21. The van der Waals surface area contributed by atoms with Crippen molar-refractivity contribution in [2.24, 2.45) is 0 Å². The van der Waals surface area contributed by atoms with Crippen LogP contribution < -0.4 is 10.2 Å². The Balaban J connectivity index is 2.28. The highest BCUT2D eigenvalue weighted by molar-refractivity contribution is 9.10. The van der Waals surface area contributed by atoms with Crippen molar-refractivity contribution >= 4 is 38.6 Å². The number of benzene rings is 1. The minimum absolute atomic E-state index is 0.250. The normalized spacial score (nSPS) is 12.3. The highest BCUT2D eigenvalue weighted by atomic mass is 79.9. The third-order valence-corrected chi connectivity index (χ3v) is 4.60. The fourth-order valence-electron chi connectivity index (χ4n) is 2.04. The van der Waals surface area contributed by atoms with E-state index in [1.54, 1.807) is 11.3 Å². The molecule has 102 valence electrons. The standard InChI is InChI=1S/C14H18BrN3S/c1-9-14(19-8-16-9)10(2)17-12-7-11(15)5-6-13(12)18(3)4/h5-8,10,17H,1-4H3.